The van der Waals surface area contributed by atoms with E-state index in [-0.39, 0.29) is 0 Å². The maximum atomic E-state index is 4.03. The van der Waals surface area contributed by atoms with E-state index < -0.39 is 0 Å². The molecule has 1 nitrogen and oxygen atoms in total. The van der Waals surface area contributed by atoms with Crippen molar-refractivity contribution < 1.29 is 0 Å². The van der Waals surface area contributed by atoms with Crippen LogP contribution in [0.3, 0.4) is 0 Å². The predicted molar refractivity (Wildman–Crippen MR) is 89.2 cm³/mol. The van der Waals surface area contributed by atoms with Gasteiger partial charge in [0, 0.05) is 6.04 Å². The fourth-order valence-electron chi connectivity index (χ4n) is 7.45. The van der Waals surface area contributed by atoms with Gasteiger partial charge in [0.05, 0.1) is 0 Å². The average molecular weight is 290 g/mol. The van der Waals surface area contributed by atoms with Gasteiger partial charge in [-0.2, -0.15) is 0 Å². The smallest absolute Gasteiger partial charge is 0.0152 e. The van der Waals surface area contributed by atoms with Crippen molar-refractivity contribution in [3.8, 4) is 0 Å². The normalized spacial score (nSPS) is 50.3. The molecule has 1 N–H and O–H groups in total. The van der Waals surface area contributed by atoms with Crippen molar-refractivity contribution >= 4 is 0 Å². The second-order valence-corrected chi connectivity index (χ2v) is 9.35. The Kier molecular flexibility index (Phi) is 3.84. The lowest BCUT2D eigenvalue weighted by molar-refractivity contribution is -0.0890. The molecule has 21 heavy (non-hydrogen) atoms. The second-order valence-electron chi connectivity index (χ2n) is 9.35. The van der Waals surface area contributed by atoms with Gasteiger partial charge in [0.15, 0.2) is 0 Å². The van der Waals surface area contributed by atoms with Gasteiger partial charge in [-0.25, -0.2) is 0 Å². The van der Waals surface area contributed by atoms with Gasteiger partial charge < -0.3 is 5.32 Å². The molecule has 3 unspecified atom stereocenters. The molecule has 1 heteroatoms. The van der Waals surface area contributed by atoms with Gasteiger partial charge in [-0.05, 0) is 92.9 Å². The molecule has 0 aliphatic heterocycles. The molecule has 4 bridgehead atoms. The summed E-state index contributed by atoms with van der Waals surface area (Å²) in [6, 6.07) is 0.846. The van der Waals surface area contributed by atoms with Crippen LogP contribution >= 0.6 is 0 Å². The lowest BCUT2D eigenvalue weighted by atomic mass is 9.46. The van der Waals surface area contributed by atoms with Crippen molar-refractivity contribution in [3.05, 3.63) is 0 Å². The molecule has 0 aromatic heterocycles. The zero-order valence-corrected chi connectivity index (χ0v) is 14.2. The quantitative estimate of drug-likeness (QED) is 0.767. The highest BCUT2D eigenvalue weighted by molar-refractivity contribution is 5.07. The third kappa shape index (κ3) is 2.58. The molecular weight excluding hydrogens is 254 g/mol. The van der Waals surface area contributed by atoms with Gasteiger partial charge in [0.2, 0.25) is 0 Å². The first-order valence-electron chi connectivity index (χ1n) is 9.92. The van der Waals surface area contributed by atoms with Crippen molar-refractivity contribution in [2.45, 2.75) is 84.1 Å². The molecule has 5 aliphatic rings. The van der Waals surface area contributed by atoms with Crippen LogP contribution in [0.1, 0.15) is 78.1 Å². The molecule has 0 heterocycles. The standard InChI is InChI=1S/C20H35N/c1-3-21-19(18-6-4-5-14(2)7-18)20-11-15-8-16(12-20)10-17(9-15)13-20/h14-19,21H,3-13H2,1-2H3. The molecule has 0 aromatic carbocycles. The fraction of sp³-hybridized carbons (Fsp3) is 1.00. The summed E-state index contributed by atoms with van der Waals surface area (Å²) >= 11 is 0. The summed E-state index contributed by atoms with van der Waals surface area (Å²) < 4.78 is 0. The zero-order chi connectivity index (χ0) is 14.4. The molecule has 5 fully saturated rings. The van der Waals surface area contributed by atoms with Gasteiger partial charge >= 0.3 is 0 Å². The van der Waals surface area contributed by atoms with Gasteiger partial charge in [-0.15, -0.1) is 0 Å². The third-order valence-corrected chi connectivity index (χ3v) is 7.62. The van der Waals surface area contributed by atoms with Crippen LogP contribution in [0.4, 0.5) is 0 Å². The average Bonchev–Trinajstić information content (AvgIpc) is 2.43. The third-order valence-electron chi connectivity index (χ3n) is 7.62. The minimum atomic E-state index is 0.701. The van der Waals surface area contributed by atoms with Gasteiger partial charge in [0.25, 0.3) is 0 Å². The first kappa shape index (κ1) is 14.5. The summed E-state index contributed by atoms with van der Waals surface area (Å²) in [4.78, 5) is 0. The molecule has 5 aliphatic carbocycles. The Bertz CT molecular complexity index is 339. The van der Waals surface area contributed by atoms with Crippen LogP contribution < -0.4 is 5.32 Å². The van der Waals surface area contributed by atoms with Gasteiger partial charge in [-0.3, -0.25) is 0 Å². The number of rotatable bonds is 4. The molecule has 5 rings (SSSR count). The van der Waals surface area contributed by atoms with Crippen molar-refractivity contribution in [1.82, 2.24) is 5.32 Å². The number of hydrogen-bond donors (Lipinski definition) is 1. The van der Waals surface area contributed by atoms with Crippen molar-refractivity contribution in [2.24, 2.45) is 35.0 Å². The molecule has 3 atom stereocenters. The Morgan fingerprint density at radius 3 is 2.10 bits per heavy atom. The minimum Gasteiger partial charge on any atom is -0.313 e. The number of nitrogens with one attached hydrogen (secondary N) is 1. The highest BCUT2D eigenvalue weighted by Gasteiger charge is 2.55. The fourth-order valence-corrected chi connectivity index (χ4v) is 7.45. The minimum absolute atomic E-state index is 0.701. The van der Waals surface area contributed by atoms with Gasteiger partial charge in [0.1, 0.15) is 0 Å². The topological polar surface area (TPSA) is 12.0 Å². The van der Waals surface area contributed by atoms with Crippen molar-refractivity contribution in [1.29, 1.82) is 0 Å². The van der Waals surface area contributed by atoms with E-state index in [1.54, 1.807) is 38.5 Å². The van der Waals surface area contributed by atoms with Crippen LogP contribution in [0.15, 0.2) is 0 Å². The van der Waals surface area contributed by atoms with E-state index in [0.717, 1.165) is 35.6 Å². The van der Waals surface area contributed by atoms with E-state index in [1.165, 1.54) is 32.2 Å². The maximum absolute atomic E-state index is 4.03. The summed E-state index contributed by atoms with van der Waals surface area (Å²) in [6.07, 6.45) is 15.4. The Balaban J connectivity index is 1.58. The molecule has 0 aromatic rings. The lowest BCUT2D eigenvalue weighted by Gasteiger charge is -2.61. The summed E-state index contributed by atoms with van der Waals surface area (Å²) in [5.74, 6) is 5.24. The Morgan fingerprint density at radius 1 is 0.952 bits per heavy atom. The van der Waals surface area contributed by atoms with Crippen LogP contribution in [-0.2, 0) is 0 Å². The summed E-state index contributed by atoms with van der Waals surface area (Å²) in [6.45, 7) is 6.01. The van der Waals surface area contributed by atoms with Crippen molar-refractivity contribution in [2.75, 3.05) is 6.54 Å². The molecular formula is C20H35N. The van der Waals surface area contributed by atoms with Crippen LogP contribution in [0.25, 0.3) is 0 Å². The maximum Gasteiger partial charge on any atom is 0.0152 e. The van der Waals surface area contributed by atoms with E-state index in [2.05, 4.69) is 19.2 Å². The second kappa shape index (κ2) is 5.55. The van der Waals surface area contributed by atoms with E-state index in [9.17, 15) is 0 Å². The Hall–Kier alpha value is -0.0400. The van der Waals surface area contributed by atoms with E-state index in [0.29, 0.717) is 5.41 Å². The zero-order valence-electron chi connectivity index (χ0n) is 14.2. The largest absolute Gasteiger partial charge is 0.313 e. The molecule has 0 amide bonds. The first-order chi connectivity index (χ1) is 10.2. The first-order valence-corrected chi connectivity index (χ1v) is 9.92. The monoisotopic (exact) mass is 289 g/mol. The van der Waals surface area contributed by atoms with Crippen LogP contribution in [0, 0.1) is 35.0 Å². The van der Waals surface area contributed by atoms with Crippen molar-refractivity contribution in [3.63, 3.8) is 0 Å². The summed E-state index contributed by atoms with van der Waals surface area (Å²) in [5, 5.41) is 4.03. The van der Waals surface area contributed by atoms with E-state index >= 15 is 0 Å². The highest BCUT2D eigenvalue weighted by atomic mass is 14.9. The molecule has 120 valence electrons. The highest BCUT2D eigenvalue weighted by Crippen LogP contribution is 2.62. The van der Waals surface area contributed by atoms with E-state index in [4.69, 9.17) is 0 Å². The Labute approximate surface area is 131 Å². The van der Waals surface area contributed by atoms with Crippen LogP contribution in [0.5, 0.6) is 0 Å². The van der Waals surface area contributed by atoms with E-state index in [1.807, 2.05) is 0 Å². The van der Waals surface area contributed by atoms with Crippen LogP contribution in [-0.4, -0.2) is 12.6 Å². The van der Waals surface area contributed by atoms with Gasteiger partial charge in [-0.1, -0.05) is 26.7 Å². The predicted octanol–water partition coefficient (Wildman–Crippen LogP) is 5.01. The molecule has 5 saturated carbocycles. The molecule has 0 spiro atoms. The number of hydrogen-bond acceptors (Lipinski definition) is 1. The molecule has 0 radical (unpaired) electrons. The lowest BCUT2D eigenvalue weighted by Crippen LogP contribution is -2.58. The summed E-state index contributed by atoms with van der Waals surface area (Å²) in [7, 11) is 0. The van der Waals surface area contributed by atoms with Crippen LogP contribution in [0.2, 0.25) is 0 Å². The SMILES string of the molecule is CCNC(C1CCCC(C)C1)C12CC3CC(CC(C3)C1)C2. The summed E-state index contributed by atoms with van der Waals surface area (Å²) in [5.41, 5.74) is 0.701. The molecule has 0 saturated heterocycles. The Morgan fingerprint density at radius 2 is 1.57 bits per heavy atom.